The van der Waals surface area contributed by atoms with Crippen LogP contribution in [-0.2, 0) is 0 Å². The van der Waals surface area contributed by atoms with E-state index in [9.17, 15) is 4.39 Å². The first-order chi connectivity index (χ1) is 10.1. The van der Waals surface area contributed by atoms with Gasteiger partial charge in [0.05, 0.1) is 22.8 Å². The number of piperazine rings is 1. The molecule has 2 heterocycles. The monoisotopic (exact) mass is 288 g/mol. The lowest BCUT2D eigenvalue weighted by Crippen LogP contribution is -2.47. The summed E-state index contributed by atoms with van der Waals surface area (Å²) in [5.74, 6) is -0.135. The number of nitrogens with zero attached hydrogens (tertiary/aromatic N) is 3. The van der Waals surface area contributed by atoms with Gasteiger partial charge in [0, 0.05) is 26.2 Å². The first-order valence-corrected chi connectivity index (χ1v) is 7.34. The van der Waals surface area contributed by atoms with Crippen LogP contribution in [0.25, 0.3) is 0 Å². The third kappa shape index (κ3) is 2.60. The molecule has 0 spiro atoms. The fourth-order valence-corrected chi connectivity index (χ4v) is 3.05. The van der Waals surface area contributed by atoms with E-state index in [2.05, 4.69) is 20.0 Å². The zero-order valence-corrected chi connectivity index (χ0v) is 12.8. The van der Waals surface area contributed by atoms with Gasteiger partial charge in [0.2, 0.25) is 0 Å². The maximum absolute atomic E-state index is 14.0. The predicted molar refractivity (Wildman–Crippen MR) is 83.6 cm³/mol. The summed E-state index contributed by atoms with van der Waals surface area (Å²) in [6.45, 7) is 9.48. The highest BCUT2D eigenvalue weighted by Crippen LogP contribution is 2.26. The fourth-order valence-electron chi connectivity index (χ4n) is 3.05. The van der Waals surface area contributed by atoms with Crippen molar-refractivity contribution in [3.05, 3.63) is 41.0 Å². The van der Waals surface area contributed by atoms with E-state index in [1.165, 1.54) is 5.69 Å². The van der Waals surface area contributed by atoms with Crippen LogP contribution >= 0.6 is 0 Å². The quantitative estimate of drug-likeness (QED) is 0.923. The SMILES string of the molecule is Cc1ccc(F)c(N2CCN(c3c(C)n[nH]c3C)CC2)c1. The Labute approximate surface area is 124 Å². The molecule has 1 aromatic heterocycles. The molecule has 1 fully saturated rings. The summed E-state index contributed by atoms with van der Waals surface area (Å²) < 4.78 is 14.0. The second-order valence-electron chi connectivity index (χ2n) is 5.71. The Morgan fingerprint density at radius 1 is 1.05 bits per heavy atom. The van der Waals surface area contributed by atoms with Crippen molar-refractivity contribution >= 4 is 11.4 Å². The molecule has 3 rings (SSSR count). The van der Waals surface area contributed by atoms with Crippen LogP contribution < -0.4 is 9.80 Å². The molecule has 1 aliphatic rings. The van der Waals surface area contributed by atoms with Gasteiger partial charge < -0.3 is 9.80 Å². The van der Waals surface area contributed by atoms with Gasteiger partial charge in [0.1, 0.15) is 5.82 Å². The summed E-state index contributed by atoms with van der Waals surface area (Å²) in [7, 11) is 0. The maximum Gasteiger partial charge on any atom is 0.146 e. The highest BCUT2D eigenvalue weighted by atomic mass is 19.1. The molecule has 0 radical (unpaired) electrons. The molecule has 0 unspecified atom stereocenters. The van der Waals surface area contributed by atoms with Crippen LogP contribution in [0.15, 0.2) is 18.2 Å². The van der Waals surface area contributed by atoms with Crippen molar-refractivity contribution in [2.75, 3.05) is 36.0 Å². The molecule has 2 aromatic rings. The van der Waals surface area contributed by atoms with Crippen molar-refractivity contribution in [3.63, 3.8) is 0 Å². The van der Waals surface area contributed by atoms with Crippen LogP contribution in [0, 0.1) is 26.6 Å². The molecular formula is C16H21FN4. The standard InChI is InChI=1S/C16H21FN4/c1-11-4-5-14(17)15(10-11)20-6-8-21(9-7-20)16-12(2)18-19-13(16)3/h4-5,10H,6-9H2,1-3H3,(H,18,19). The number of rotatable bonds is 2. The highest BCUT2D eigenvalue weighted by Gasteiger charge is 2.22. The zero-order valence-electron chi connectivity index (χ0n) is 12.8. The number of halogens is 1. The Morgan fingerprint density at radius 3 is 2.33 bits per heavy atom. The molecule has 0 bridgehead atoms. The molecule has 0 saturated carbocycles. The molecule has 1 saturated heterocycles. The van der Waals surface area contributed by atoms with Gasteiger partial charge in [-0.05, 0) is 38.5 Å². The molecule has 0 atom stereocenters. The van der Waals surface area contributed by atoms with Gasteiger partial charge in [-0.2, -0.15) is 5.10 Å². The maximum atomic E-state index is 14.0. The zero-order chi connectivity index (χ0) is 15.0. The fraction of sp³-hybridized carbons (Fsp3) is 0.438. The van der Waals surface area contributed by atoms with Gasteiger partial charge in [-0.25, -0.2) is 4.39 Å². The van der Waals surface area contributed by atoms with Crippen LogP contribution in [-0.4, -0.2) is 36.4 Å². The van der Waals surface area contributed by atoms with E-state index in [-0.39, 0.29) is 5.82 Å². The highest BCUT2D eigenvalue weighted by molar-refractivity contribution is 5.57. The van der Waals surface area contributed by atoms with Crippen molar-refractivity contribution in [1.82, 2.24) is 10.2 Å². The number of aromatic amines is 1. The van der Waals surface area contributed by atoms with Gasteiger partial charge >= 0.3 is 0 Å². The lowest BCUT2D eigenvalue weighted by molar-refractivity contribution is 0.597. The summed E-state index contributed by atoms with van der Waals surface area (Å²) in [6, 6.07) is 5.30. The Bertz CT molecular complexity index is 622. The summed E-state index contributed by atoms with van der Waals surface area (Å²) in [4.78, 5) is 4.46. The van der Waals surface area contributed by atoms with Gasteiger partial charge in [-0.15, -0.1) is 0 Å². The van der Waals surface area contributed by atoms with Gasteiger partial charge in [0.25, 0.3) is 0 Å². The van der Waals surface area contributed by atoms with Crippen molar-refractivity contribution < 1.29 is 4.39 Å². The number of aromatic nitrogens is 2. The molecule has 21 heavy (non-hydrogen) atoms. The van der Waals surface area contributed by atoms with Gasteiger partial charge in [-0.1, -0.05) is 6.07 Å². The van der Waals surface area contributed by atoms with E-state index in [1.807, 2.05) is 32.9 Å². The van der Waals surface area contributed by atoms with Crippen LogP contribution in [0.2, 0.25) is 0 Å². The number of H-pyrrole nitrogens is 1. The van der Waals surface area contributed by atoms with Crippen molar-refractivity contribution in [1.29, 1.82) is 0 Å². The third-order valence-electron chi connectivity index (χ3n) is 4.13. The lowest BCUT2D eigenvalue weighted by Gasteiger charge is -2.37. The number of nitrogens with one attached hydrogen (secondary N) is 1. The first-order valence-electron chi connectivity index (χ1n) is 7.34. The minimum atomic E-state index is -0.135. The molecule has 5 heteroatoms. The molecule has 112 valence electrons. The van der Waals surface area contributed by atoms with Crippen LogP contribution in [0.5, 0.6) is 0 Å². The van der Waals surface area contributed by atoms with Gasteiger partial charge in [0.15, 0.2) is 0 Å². The average molecular weight is 288 g/mol. The second kappa shape index (κ2) is 5.39. The van der Waals surface area contributed by atoms with E-state index < -0.39 is 0 Å². The van der Waals surface area contributed by atoms with Crippen molar-refractivity contribution in [3.8, 4) is 0 Å². The first kappa shape index (κ1) is 13.9. The molecule has 1 aliphatic heterocycles. The normalized spacial score (nSPS) is 15.6. The van der Waals surface area contributed by atoms with E-state index in [0.29, 0.717) is 0 Å². The number of hydrogen-bond acceptors (Lipinski definition) is 3. The number of aryl methyl sites for hydroxylation is 3. The van der Waals surface area contributed by atoms with Crippen molar-refractivity contribution in [2.24, 2.45) is 0 Å². The van der Waals surface area contributed by atoms with E-state index in [0.717, 1.165) is 48.8 Å². The summed E-state index contributed by atoms with van der Waals surface area (Å²) >= 11 is 0. The molecule has 1 N–H and O–H groups in total. The minimum Gasteiger partial charge on any atom is -0.366 e. The van der Waals surface area contributed by atoms with Crippen LogP contribution in [0.1, 0.15) is 17.0 Å². The molecular weight excluding hydrogens is 267 g/mol. The molecule has 1 aromatic carbocycles. The Balaban J connectivity index is 1.75. The number of hydrogen-bond donors (Lipinski definition) is 1. The summed E-state index contributed by atoms with van der Waals surface area (Å²) in [6.07, 6.45) is 0. The molecule has 0 aliphatic carbocycles. The topological polar surface area (TPSA) is 35.2 Å². The Morgan fingerprint density at radius 2 is 1.71 bits per heavy atom. The van der Waals surface area contributed by atoms with Crippen LogP contribution in [0.3, 0.4) is 0 Å². The van der Waals surface area contributed by atoms with Gasteiger partial charge in [-0.3, -0.25) is 5.10 Å². The second-order valence-corrected chi connectivity index (χ2v) is 5.71. The van der Waals surface area contributed by atoms with Crippen LogP contribution in [0.4, 0.5) is 15.8 Å². The Hall–Kier alpha value is -2.04. The number of benzene rings is 1. The predicted octanol–water partition coefficient (Wildman–Crippen LogP) is 2.80. The number of anilines is 2. The Kier molecular flexibility index (Phi) is 3.57. The average Bonchev–Trinajstić information content (AvgIpc) is 2.81. The third-order valence-corrected chi connectivity index (χ3v) is 4.13. The van der Waals surface area contributed by atoms with E-state index in [4.69, 9.17) is 0 Å². The van der Waals surface area contributed by atoms with E-state index >= 15 is 0 Å². The summed E-state index contributed by atoms with van der Waals surface area (Å²) in [5.41, 5.74) is 5.13. The minimum absolute atomic E-state index is 0.135. The molecule has 4 nitrogen and oxygen atoms in total. The largest absolute Gasteiger partial charge is 0.366 e. The smallest absolute Gasteiger partial charge is 0.146 e. The lowest BCUT2D eigenvalue weighted by atomic mass is 10.1. The summed E-state index contributed by atoms with van der Waals surface area (Å²) in [5, 5.41) is 7.28. The molecule has 0 amide bonds. The van der Waals surface area contributed by atoms with E-state index in [1.54, 1.807) is 6.07 Å². The van der Waals surface area contributed by atoms with Crippen molar-refractivity contribution in [2.45, 2.75) is 20.8 Å².